The highest BCUT2D eigenvalue weighted by molar-refractivity contribution is 5.76. The molecule has 0 spiro atoms. The first-order chi connectivity index (χ1) is 10.4. The number of carbonyl (C=O) groups is 1. The van der Waals surface area contributed by atoms with Crippen molar-refractivity contribution in [3.05, 3.63) is 47.3 Å². The number of hydrogen-bond acceptors (Lipinski definition) is 2. The number of benzene rings is 1. The molecule has 0 saturated heterocycles. The van der Waals surface area contributed by atoms with Gasteiger partial charge < -0.3 is 4.90 Å². The minimum Gasteiger partial charge on any atom is -0.341 e. The Morgan fingerprint density at radius 1 is 1.23 bits per heavy atom. The van der Waals surface area contributed by atoms with Crippen LogP contribution in [0.15, 0.2) is 30.3 Å². The molecular formula is C18H25N3O. The molecule has 2 aromatic rings. The zero-order chi connectivity index (χ0) is 16.3. The van der Waals surface area contributed by atoms with Crippen LogP contribution in [0.2, 0.25) is 0 Å². The van der Waals surface area contributed by atoms with Gasteiger partial charge in [0.2, 0.25) is 5.91 Å². The van der Waals surface area contributed by atoms with Gasteiger partial charge in [0.15, 0.2) is 0 Å². The molecule has 0 aliphatic rings. The second-order valence-electron chi connectivity index (χ2n) is 6.24. The molecule has 22 heavy (non-hydrogen) atoms. The third-order valence-corrected chi connectivity index (χ3v) is 3.85. The molecule has 1 aromatic heterocycles. The topological polar surface area (TPSA) is 38.1 Å². The van der Waals surface area contributed by atoms with E-state index in [-0.39, 0.29) is 5.91 Å². The molecule has 4 nitrogen and oxygen atoms in total. The molecule has 0 aliphatic carbocycles. The van der Waals surface area contributed by atoms with E-state index < -0.39 is 0 Å². The van der Waals surface area contributed by atoms with E-state index in [0.717, 1.165) is 22.6 Å². The van der Waals surface area contributed by atoms with Gasteiger partial charge in [-0.15, -0.1) is 0 Å². The van der Waals surface area contributed by atoms with Crippen LogP contribution >= 0.6 is 0 Å². The highest BCUT2D eigenvalue weighted by Crippen LogP contribution is 2.19. The van der Waals surface area contributed by atoms with Gasteiger partial charge in [-0.1, -0.05) is 32.0 Å². The van der Waals surface area contributed by atoms with Gasteiger partial charge in [0, 0.05) is 31.3 Å². The van der Waals surface area contributed by atoms with E-state index in [1.54, 1.807) is 4.90 Å². The fourth-order valence-electron chi connectivity index (χ4n) is 2.55. The summed E-state index contributed by atoms with van der Waals surface area (Å²) in [4.78, 5) is 14.0. The van der Waals surface area contributed by atoms with Gasteiger partial charge in [-0.25, -0.2) is 4.68 Å². The summed E-state index contributed by atoms with van der Waals surface area (Å²) in [6.45, 7) is 8.80. The molecule has 118 valence electrons. The third-order valence-electron chi connectivity index (χ3n) is 3.85. The molecule has 0 bridgehead atoms. The summed E-state index contributed by atoms with van der Waals surface area (Å²) in [7, 11) is 1.86. The lowest BCUT2D eigenvalue weighted by Crippen LogP contribution is -2.27. The van der Waals surface area contributed by atoms with Gasteiger partial charge in [-0.3, -0.25) is 4.79 Å². The van der Waals surface area contributed by atoms with E-state index in [1.165, 1.54) is 0 Å². The first-order valence-corrected chi connectivity index (χ1v) is 7.74. The van der Waals surface area contributed by atoms with Crippen molar-refractivity contribution in [1.29, 1.82) is 0 Å². The summed E-state index contributed by atoms with van der Waals surface area (Å²) in [5.41, 5.74) is 4.24. The minimum atomic E-state index is 0.182. The van der Waals surface area contributed by atoms with E-state index in [2.05, 4.69) is 25.9 Å². The van der Waals surface area contributed by atoms with Gasteiger partial charge in [-0.2, -0.15) is 5.10 Å². The molecule has 0 atom stereocenters. The molecule has 0 fully saturated rings. The number of amides is 1. The Labute approximate surface area is 132 Å². The Bertz CT molecular complexity index is 644. The van der Waals surface area contributed by atoms with Gasteiger partial charge in [0.1, 0.15) is 0 Å². The first-order valence-electron chi connectivity index (χ1n) is 7.74. The van der Waals surface area contributed by atoms with E-state index in [0.29, 0.717) is 18.9 Å². The maximum atomic E-state index is 12.2. The van der Waals surface area contributed by atoms with Crippen molar-refractivity contribution >= 4 is 5.91 Å². The molecule has 4 heteroatoms. The zero-order valence-corrected chi connectivity index (χ0v) is 14.1. The molecule has 1 aromatic carbocycles. The molecule has 0 aliphatic heterocycles. The second-order valence-corrected chi connectivity index (χ2v) is 6.24. The molecule has 0 radical (unpaired) electrons. The van der Waals surface area contributed by atoms with Crippen molar-refractivity contribution in [3.63, 3.8) is 0 Å². The Balaban J connectivity index is 2.23. The smallest absolute Gasteiger partial charge is 0.222 e. The normalized spacial score (nSPS) is 11.0. The van der Waals surface area contributed by atoms with Crippen molar-refractivity contribution in [3.8, 4) is 5.69 Å². The lowest BCUT2D eigenvalue weighted by Gasteiger charge is -2.18. The molecule has 0 saturated carbocycles. The number of nitrogens with zero attached hydrogens (tertiary/aromatic N) is 3. The van der Waals surface area contributed by atoms with Crippen LogP contribution in [0.4, 0.5) is 0 Å². The largest absolute Gasteiger partial charge is 0.341 e. The second kappa shape index (κ2) is 6.77. The lowest BCUT2D eigenvalue weighted by atomic mass is 10.1. The number of rotatable bonds is 5. The number of para-hydroxylation sites is 1. The predicted molar refractivity (Wildman–Crippen MR) is 89.0 cm³/mol. The van der Waals surface area contributed by atoms with Crippen LogP contribution in [0, 0.1) is 19.8 Å². The maximum absolute atomic E-state index is 12.2. The van der Waals surface area contributed by atoms with Crippen molar-refractivity contribution in [2.45, 2.75) is 40.7 Å². The van der Waals surface area contributed by atoms with Crippen molar-refractivity contribution in [2.75, 3.05) is 7.05 Å². The third kappa shape index (κ3) is 3.56. The van der Waals surface area contributed by atoms with Crippen LogP contribution in [-0.4, -0.2) is 27.6 Å². The average Bonchev–Trinajstić information content (AvgIpc) is 2.75. The summed E-state index contributed by atoms with van der Waals surface area (Å²) in [6.07, 6.45) is 0.585. The number of hydrogen-bond donors (Lipinski definition) is 0. The average molecular weight is 299 g/mol. The van der Waals surface area contributed by atoms with Gasteiger partial charge in [0.25, 0.3) is 0 Å². The molecule has 0 unspecified atom stereocenters. The number of carbonyl (C=O) groups excluding carboxylic acids is 1. The molecule has 1 amide bonds. The monoisotopic (exact) mass is 299 g/mol. The van der Waals surface area contributed by atoms with Gasteiger partial charge in [0.05, 0.1) is 11.4 Å². The Kier molecular flexibility index (Phi) is 5.01. The number of aromatic nitrogens is 2. The standard InChI is InChI=1S/C18H25N3O/c1-13(2)11-18(22)20(5)12-17-14(3)19-21(15(17)4)16-9-7-6-8-10-16/h6-10,13H,11-12H2,1-5H3. The Hall–Kier alpha value is -2.10. The van der Waals surface area contributed by atoms with Crippen molar-refractivity contribution in [2.24, 2.45) is 5.92 Å². The van der Waals surface area contributed by atoms with E-state index in [9.17, 15) is 4.79 Å². The molecule has 1 heterocycles. The van der Waals surface area contributed by atoms with Crippen LogP contribution < -0.4 is 0 Å². The molecule has 0 N–H and O–H groups in total. The summed E-state index contributed by atoms with van der Waals surface area (Å²) >= 11 is 0. The summed E-state index contributed by atoms with van der Waals surface area (Å²) < 4.78 is 1.95. The van der Waals surface area contributed by atoms with Crippen LogP contribution in [-0.2, 0) is 11.3 Å². The lowest BCUT2D eigenvalue weighted by molar-refractivity contribution is -0.131. The van der Waals surface area contributed by atoms with E-state index in [4.69, 9.17) is 0 Å². The summed E-state index contributed by atoms with van der Waals surface area (Å²) in [5.74, 6) is 0.561. The quantitative estimate of drug-likeness (QED) is 0.847. The van der Waals surface area contributed by atoms with Gasteiger partial charge in [-0.05, 0) is 31.9 Å². The van der Waals surface area contributed by atoms with E-state index >= 15 is 0 Å². The van der Waals surface area contributed by atoms with Crippen LogP contribution in [0.3, 0.4) is 0 Å². The predicted octanol–water partition coefficient (Wildman–Crippen LogP) is 3.49. The summed E-state index contributed by atoms with van der Waals surface area (Å²) in [5, 5.41) is 4.63. The van der Waals surface area contributed by atoms with E-state index in [1.807, 2.05) is 49.0 Å². The summed E-state index contributed by atoms with van der Waals surface area (Å²) in [6, 6.07) is 10.1. The molecule has 2 rings (SSSR count). The van der Waals surface area contributed by atoms with Crippen LogP contribution in [0.1, 0.15) is 37.2 Å². The van der Waals surface area contributed by atoms with Crippen LogP contribution in [0.5, 0.6) is 0 Å². The van der Waals surface area contributed by atoms with Crippen LogP contribution in [0.25, 0.3) is 5.69 Å². The minimum absolute atomic E-state index is 0.182. The fourth-order valence-corrected chi connectivity index (χ4v) is 2.55. The molecular weight excluding hydrogens is 274 g/mol. The maximum Gasteiger partial charge on any atom is 0.222 e. The highest BCUT2D eigenvalue weighted by Gasteiger charge is 2.17. The zero-order valence-electron chi connectivity index (χ0n) is 14.1. The van der Waals surface area contributed by atoms with Gasteiger partial charge >= 0.3 is 0 Å². The fraction of sp³-hybridized carbons (Fsp3) is 0.444. The van der Waals surface area contributed by atoms with Crippen molar-refractivity contribution in [1.82, 2.24) is 14.7 Å². The first kappa shape index (κ1) is 16.3. The Morgan fingerprint density at radius 3 is 2.45 bits per heavy atom. The SMILES string of the molecule is Cc1nn(-c2ccccc2)c(C)c1CN(C)C(=O)CC(C)C. The Morgan fingerprint density at radius 2 is 1.86 bits per heavy atom. The number of aryl methyl sites for hydroxylation is 1. The van der Waals surface area contributed by atoms with Crippen molar-refractivity contribution < 1.29 is 4.79 Å². The highest BCUT2D eigenvalue weighted by atomic mass is 16.2.